The summed E-state index contributed by atoms with van der Waals surface area (Å²) in [4.78, 5) is 0. The van der Waals surface area contributed by atoms with Gasteiger partial charge in [0.2, 0.25) is 0 Å². The lowest BCUT2D eigenvalue weighted by molar-refractivity contribution is 0.682. The van der Waals surface area contributed by atoms with Crippen molar-refractivity contribution in [3.8, 4) is 0 Å². The Morgan fingerprint density at radius 3 is 3.13 bits per heavy atom. The Bertz CT molecular complexity index is 356. The summed E-state index contributed by atoms with van der Waals surface area (Å²) in [6.45, 7) is 2.24. The van der Waals surface area contributed by atoms with E-state index >= 15 is 0 Å². The third kappa shape index (κ3) is 2.15. The van der Waals surface area contributed by atoms with Gasteiger partial charge < -0.3 is 10.6 Å². The summed E-state index contributed by atoms with van der Waals surface area (Å²) in [6.07, 6.45) is 5.11. The molecule has 0 bridgehead atoms. The van der Waals surface area contributed by atoms with Crippen LogP contribution in [0.2, 0.25) is 0 Å². The maximum Gasteiger partial charge on any atom is 0.0376 e. The lowest BCUT2D eigenvalue weighted by Crippen LogP contribution is -2.19. The monoisotopic (exact) mass is 202 g/mol. The van der Waals surface area contributed by atoms with Gasteiger partial charge >= 0.3 is 0 Å². The topological polar surface area (TPSA) is 24.1 Å². The Kier molecular flexibility index (Phi) is 2.37. The molecule has 15 heavy (non-hydrogen) atoms. The van der Waals surface area contributed by atoms with Crippen LogP contribution in [0.4, 0.5) is 5.69 Å². The molecule has 3 rings (SSSR count). The van der Waals surface area contributed by atoms with E-state index in [2.05, 4.69) is 28.8 Å². The number of nitrogens with one attached hydrogen (secondary N) is 2. The molecule has 1 aliphatic heterocycles. The normalized spacial score (nSPS) is 18.7. The molecule has 0 saturated heterocycles. The molecule has 1 saturated carbocycles. The maximum absolute atomic E-state index is 3.55. The first-order valence-electron chi connectivity index (χ1n) is 6.01. The molecule has 0 atom stereocenters. The summed E-state index contributed by atoms with van der Waals surface area (Å²) in [6, 6.07) is 7.71. The van der Waals surface area contributed by atoms with Crippen LogP contribution in [0.25, 0.3) is 0 Å². The van der Waals surface area contributed by atoms with Gasteiger partial charge in [-0.05, 0) is 49.4 Å². The lowest BCUT2D eigenvalue weighted by Gasteiger charge is -2.06. The Labute approximate surface area is 91.1 Å². The van der Waals surface area contributed by atoms with Crippen molar-refractivity contribution in [2.45, 2.75) is 31.7 Å². The van der Waals surface area contributed by atoms with E-state index in [1.807, 2.05) is 0 Å². The number of hydrogen-bond donors (Lipinski definition) is 2. The highest BCUT2D eigenvalue weighted by Crippen LogP contribution is 2.23. The largest absolute Gasteiger partial charge is 0.384 e. The highest BCUT2D eigenvalue weighted by atomic mass is 14.9. The number of hydrogen-bond acceptors (Lipinski definition) is 2. The fourth-order valence-corrected chi connectivity index (χ4v) is 2.20. The Hall–Kier alpha value is -1.02. The highest BCUT2D eigenvalue weighted by molar-refractivity contribution is 5.57. The van der Waals surface area contributed by atoms with Crippen LogP contribution in [0.5, 0.6) is 0 Å². The molecular formula is C13H18N2. The van der Waals surface area contributed by atoms with Crippen LogP contribution < -0.4 is 10.6 Å². The maximum atomic E-state index is 3.55. The van der Waals surface area contributed by atoms with Crippen molar-refractivity contribution in [1.82, 2.24) is 5.32 Å². The van der Waals surface area contributed by atoms with Gasteiger partial charge in [0.05, 0.1) is 0 Å². The molecule has 0 unspecified atom stereocenters. The molecule has 1 aromatic rings. The Morgan fingerprint density at radius 1 is 1.33 bits per heavy atom. The van der Waals surface area contributed by atoms with Crippen molar-refractivity contribution in [2.75, 3.05) is 18.4 Å². The zero-order valence-electron chi connectivity index (χ0n) is 9.05. The van der Waals surface area contributed by atoms with Crippen LogP contribution in [0.15, 0.2) is 18.2 Å². The van der Waals surface area contributed by atoms with E-state index < -0.39 is 0 Å². The van der Waals surface area contributed by atoms with Gasteiger partial charge in [0, 0.05) is 18.3 Å². The van der Waals surface area contributed by atoms with Crippen LogP contribution in [0, 0.1) is 0 Å². The van der Waals surface area contributed by atoms with Gasteiger partial charge in [0.25, 0.3) is 0 Å². The second-order valence-electron chi connectivity index (χ2n) is 4.65. The van der Waals surface area contributed by atoms with Crippen LogP contribution in [-0.2, 0) is 12.8 Å². The molecule has 0 radical (unpaired) electrons. The average molecular weight is 202 g/mol. The van der Waals surface area contributed by atoms with Gasteiger partial charge in [-0.3, -0.25) is 0 Å². The minimum atomic E-state index is 0.831. The van der Waals surface area contributed by atoms with E-state index in [9.17, 15) is 0 Å². The van der Waals surface area contributed by atoms with Crippen molar-refractivity contribution >= 4 is 5.69 Å². The molecule has 0 amide bonds. The molecule has 2 aliphatic rings. The first-order valence-corrected chi connectivity index (χ1v) is 6.01. The van der Waals surface area contributed by atoms with E-state index in [1.165, 1.54) is 36.1 Å². The lowest BCUT2D eigenvalue weighted by atomic mass is 10.1. The standard InChI is InChI=1S/C13H18N2/c1-2-11-6-8-15-13(11)9-10(1)5-7-14-12-3-4-12/h1-2,9,12,14-15H,3-8H2. The third-order valence-electron chi connectivity index (χ3n) is 3.31. The highest BCUT2D eigenvalue weighted by Gasteiger charge is 2.19. The SMILES string of the molecule is c1cc2c(cc1CCNC1CC1)NCC2. The van der Waals surface area contributed by atoms with Crippen molar-refractivity contribution in [3.63, 3.8) is 0 Å². The summed E-state index contributed by atoms with van der Waals surface area (Å²) >= 11 is 0. The zero-order chi connectivity index (χ0) is 10.1. The van der Waals surface area contributed by atoms with E-state index in [0.29, 0.717) is 0 Å². The van der Waals surface area contributed by atoms with Crippen molar-refractivity contribution in [2.24, 2.45) is 0 Å². The van der Waals surface area contributed by atoms with Crippen molar-refractivity contribution in [1.29, 1.82) is 0 Å². The fourth-order valence-electron chi connectivity index (χ4n) is 2.20. The zero-order valence-corrected chi connectivity index (χ0v) is 9.05. The van der Waals surface area contributed by atoms with E-state index in [1.54, 1.807) is 0 Å². The summed E-state index contributed by atoms with van der Waals surface area (Å²) in [5, 5.41) is 6.98. The first kappa shape index (κ1) is 9.22. The Balaban J connectivity index is 1.59. The fraction of sp³-hybridized carbons (Fsp3) is 0.538. The second-order valence-corrected chi connectivity index (χ2v) is 4.65. The molecule has 1 aliphatic carbocycles. The Morgan fingerprint density at radius 2 is 2.27 bits per heavy atom. The van der Waals surface area contributed by atoms with E-state index in [-0.39, 0.29) is 0 Å². The quantitative estimate of drug-likeness (QED) is 0.780. The molecule has 2 N–H and O–H groups in total. The molecule has 1 fully saturated rings. The molecule has 2 nitrogen and oxygen atoms in total. The second kappa shape index (κ2) is 3.86. The van der Waals surface area contributed by atoms with Gasteiger partial charge in [-0.25, -0.2) is 0 Å². The third-order valence-corrected chi connectivity index (χ3v) is 3.31. The predicted octanol–water partition coefficient (Wildman–Crippen LogP) is 1.95. The molecule has 1 heterocycles. The minimum absolute atomic E-state index is 0.831. The van der Waals surface area contributed by atoms with E-state index in [4.69, 9.17) is 0 Å². The van der Waals surface area contributed by atoms with Gasteiger partial charge in [0.1, 0.15) is 0 Å². The van der Waals surface area contributed by atoms with Crippen LogP contribution >= 0.6 is 0 Å². The molecule has 80 valence electrons. The van der Waals surface area contributed by atoms with Crippen LogP contribution in [-0.4, -0.2) is 19.1 Å². The number of rotatable bonds is 4. The van der Waals surface area contributed by atoms with Gasteiger partial charge in [-0.15, -0.1) is 0 Å². The number of benzene rings is 1. The van der Waals surface area contributed by atoms with Gasteiger partial charge in [-0.2, -0.15) is 0 Å². The molecule has 1 aromatic carbocycles. The van der Waals surface area contributed by atoms with Crippen LogP contribution in [0.3, 0.4) is 0 Å². The number of fused-ring (bicyclic) bond motifs is 1. The minimum Gasteiger partial charge on any atom is -0.384 e. The van der Waals surface area contributed by atoms with E-state index in [0.717, 1.165) is 25.6 Å². The summed E-state index contributed by atoms with van der Waals surface area (Å²) < 4.78 is 0. The average Bonchev–Trinajstić information content (AvgIpc) is 2.95. The van der Waals surface area contributed by atoms with Crippen molar-refractivity contribution < 1.29 is 0 Å². The smallest absolute Gasteiger partial charge is 0.0376 e. The summed E-state index contributed by atoms with van der Waals surface area (Å²) in [5.41, 5.74) is 4.30. The number of anilines is 1. The molecule has 2 heteroatoms. The molecule has 0 aromatic heterocycles. The predicted molar refractivity (Wildman–Crippen MR) is 63.4 cm³/mol. The van der Waals surface area contributed by atoms with Crippen LogP contribution in [0.1, 0.15) is 24.0 Å². The summed E-state index contributed by atoms with van der Waals surface area (Å²) in [7, 11) is 0. The molecule has 0 spiro atoms. The first-order chi connectivity index (χ1) is 7.42. The van der Waals surface area contributed by atoms with Crippen molar-refractivity contribution in [3.05, 3.63) is 29.3 Å². The summed E-state index contributed by atoms with van der Waals surface area (Å²) in [5.74, 6) is 0. The molecular weight excluding hydrogens is 184 g/mol. The van der Waals surface area contributed by atoms with Gasteiger partial charge in [0.15, 0.2) is 0 Å². The van der Waals surface area contributed by atoms with Gasteiger partial charge in [-0.1, -0.05) is 12.1 Å².